The molecule has 25 heavy (non-hydrogen) atoms. The molecule has 0 fully saturated rings. The predicted molar refractivity (Wildman–Crippen MR) is 96.9 cm³/mol. The lowest BCUT2D eigenvalue weighted by Gasteiger charge is -2.05. The van der Waals surface area contributed by atoms with Crippen LogP contribution in [0.1, 0.15) is 12.3 Å². The minimum absolute atomic E-state index is 0.109. The highest BCUT2D eigenvalue weighted by Crippen LogP contribution is 2.28. The summed E-state index contributed by atoms with van der Waals surface area (Å²) in [5.74, 6) is 1.73. The van der Waals surface area contributed by atoms with E-state index in [1.54, 1.807) is 43.6 Å². The van der Waals surface area contributed by atoms with Gasteiger partial charge in [0, 0.05) is 24.1 Å². The third-order valence-electron chi connectivity index (χ3n) is 3.63. The highest BCUT2D eigenvalue weighted by Gasteiger charge is 2.11. The van der Waals surface area contributed by atoms with Crippen molar-refractivity contribution < 1.29 is 13.9 Å². The van der Waals surface area contributed by atoms with E-state index in [0.29, 0.717) is 23.1 Å². The van der Waals surface area contributed by atoms with Crippen molar-refractivity contribution in [3.63, 3.8) is 0 Å². The third-order valence-corrected chi connectivity index (χ3v) is 3.96. The molecule has 0 atom stereocenters. The number of amides is 1. The molecule has 6 heteroatoms. The molecule has 0 saturated carbocycles. The predicted octanol–water partition coefficient (Wildman–Crippen LogP) is 4.57. The van der Waals surface area contributed by atoms with Crippen molar-refractivity contribution >= 4 is 23.2 Å². The first-order chi connectivity index (χ1) is 12.2. The van der Waals surface area contributed by atoms with E-state index in [1.165, 1.54) is 0 Å². The molecule has 0 unspecified atom stereocenters. The standard InChI is InChI=1S/C19H17ClN2O3/c1-24-14-8-6-13(7-9-14)22-18(23)10-11-19-21-12-17(25-19)15-4-2-3-5-16(15)20/h2-9,12H,10-11H2,1H3,(H,22,23). The summed E-state index contributed by atoms with van der Waals surface area (Å²) in [4.78, 5) is 16.3. The maximum absolute atomic E-state index is 12.0. The molecule has 1 N–H and O–H groups in total. The number of aromatic nitrogens is 1. The average Bonchev–Trinajstić information content (AvgIpc) is 3.10. The lowest BCUT2D eigenvalue weighted by molar-refractivity contribution is -0.116. The first-order valence-corrected chi connectivity index (χ1v) is 8.17. The van der Waals surface area contributed by atoms with Crippen LogP contribution in [0.15, 0.2) is 59.1 Å². The molecular formula is C19H17ClN2O3. The zero-order valence-corrected chi connectivity index (χ0v) is 14.4. The van der Waals surface area contributed by atoms with Gasteiger partial charge in [-0.3, -0.25) is 4.79 Å². The number of ether oxygens (including phenoxy) is 1. The number of hydrogen-bond acceptors (Lipinski definition) is 4. The summed E-state index contributed by atoms with van der Waals surface area (Å²) in [5, 5.41) is 3.43. The van der Waals surface area contributed by atoms with E-state index in [-0.39, 0.29) is 12.3 Å². The van der Waals surface area contributed by atoms with E-state index in [4.69, 9.17) is 20.8 Å². The molecule has 1 aromatic heterocycles. The first kappa shape index (κ1) is 17.0. The smallest absolute Gasteiger partial charge is 0.224 e. The Balaban J connectivity index is 1.56. The Labute approximate surface area is 150 Å². The summed E-state index contributed by atoms with van der Waals surface area (Å²) >= 11 is 6.15. The molecule has 0 bridgehead atoms. The van der Waals surface area contributed by atoms with Crippen LogP contribution in [0.5, 0.6) is 5.75 Å². The van der Waals surface area contributed by atoms with Gasteiger partial charge in [-0.1, -0.05) is 23.7 Å². The number of benzene rings is 2. The van der Waals surface area contributed by atoms with Crippen LogP contribution < -0.4 is 10.1 Å². The van der Waals surface area contributed by atoms with E-state index in [9.17, 15) is 4.79 Å². The van der Waals surface area contributed by atoms with Gasteiger partial charge in [0.15, 0.2) is 11.7 Å². The van der Waals surface area contributed by atoms with E-state index in [1.807, 2.05) is 18.2 Å². The minimum Gasteiger partial charge on any atom is -0.497 e. The number of carbonyl (C=O) groups is 1. The average molecular weight is 357 g/mol. The summed E-state index contributed by atoms with van der Waals surface area (Å²) in [6.07, 6.45) is 2.30. The maximum Gasteiger partial charge on any atom is 0.224 e. The zero-order chi connectivity index (χ0) is 17.6. The molecular weight excluding hydrogens is 340 g/mol. The van der Waals surface area contributed by atoms with Crippen molar-refractivity contribution in [1.82, 2.24) is 4.98 Å². The van der Waals surface area contributed by atoms with Crippen molar-refractivity contribution in [2.75, 3.05) is 12.4 Å². The van der Waals surface area contributed by atoms with Gasteiger partial charge >= 0.3 is 0 Å². The molecule has 0 radical (unpaired) electrons. The van der Waals surface area contributed by atoms with E-state index in [0.717, 1.165) is 17.0 Å². The van der Waals surface area contributed by atoms with Gasteiger partial charge in [0.2, 0.25) is 5.91 Å². The Hall–Kier alpha value is -2.79. The zero-order valence-electron chi connectivity index (χ0n) is 13.7. The van der Waals surface area contributed by atoms with Crippen molar-refractivity contribution in [1.29, 1.82) is 0 Å². The monoisotopic (exact) mass is 356 g/mol. The molecule has 3 rings (SSSR count). The summed E-state index contributed by atoms with van der Waals surface area (Å²) in [6, 6.07) is 14.6. The summed E-state index contributed by atoms with van der Waals surface area (Å²) in [6.45, 7) is 0. The van der Waals surface area contributed by atoms with Crippen LogP contribution in [0.4, 0.5) is 5.69 Å². The third kappa shape index (κ3) is 4.39. The SMILES string of the molecule is COc1ccc(NC(=O)CCc2ncc(-c3ccccc3Cl)o2)cc1. The Morgan fingerprint density at radius 3 is 2.68 bits per heavy atom. The number of carbonyl (C=O) groups excluding carboxylic acids is 1. The lowest BCUT2D eigenvalue weighted by Crippen LogP contribution is -2.12. The van der Waals surface area contributed by atoms with Gasteiger partial charge < -0.3 is 14.5 Å². The van der Waals surface area contributed by atoms with E-state index >= 15 is 0 Å². The molecule has 0 aliphatic rings. The number of nitrogens with one attached hydrogen (secondary N) is 1. The fourth-order valence-corrected chi connectivity index (χ4v) is 2.56. The Morgan fingerprint density at radius 1 is 1.20 bits per heavy atom. The first-order valence-electron chi connectivity index (χ1n) is 7.79. The minimum atomic E-state index is -0.109. The van der Waals surface area contributed by atoms with Gasteiger partial charge in [-0.15, -0.1) is 0 Å². The molecule has 5 nitrogen and oxygen atoms in total. The Morgan fingerprint density at radius 2 is 1.96 bits per heavy atom. The molecule has 1 amide bonds. The van der Waals surface area contributed by atoms with Crippen LogP contribution in [-0.4, -0.2) is 18.0 Å². The fraction of sp³-hybridized carbons (Fsp3) is 0.158. The fourth-order valence-electron chi connectivity index (χ4n) is 2.33. The quantitative estimate of drug-likeness (QED) is 0.702. The molecule has 0 saturated heterocycles. The van der Waals surface area contributed by atoms with Crippen LogP contribution in [0.25, 0.3) is 11.3 Å². The molecule has 3 aromatic rings. The van der Waals surface area contributed by atoms with Crippen LogP contribution in [0, 0.1) is 0 Å². The van der Waals surface area contributed by atoms with Crippen LogP contribution in [0.2, 0.25) is 5.02 Å². The number of rotatable bonds is 6. The van der Waals surface area contributed by atoms with Gasteiger partial charge in [-0.25, -0.2) is 4.98 Å². The second-order valence-corrected chi connectivity index (χ2v) is 5.78. The van der Waals surface area contributed by atoms with Crippen molar-refractivity contribution in [3.05, 3.63) is 65.6 Å². The van der Waals surface area contributed by atoms with Gasteiger partial charge in [-0.2, -0.15) is 0 Å². The highest BCUT2D eigenvalue weighted by atomic mass is 35.5. The number of halogens is 1. The molecule has 0 aliphatic heterocycles. The number of methoxy groups -OCH3 is 1. The van der Waals surface area contributed by atoms with E-state index < -0.39 is 0 Å². The Kier molecular flexibility index (Phi) is 5.36. The van der Waals surface area contributed by atoms with Crippen LogP contribution in [0.3, 0.4) is 0 Å². The number of oxazole rings is 1. The summed E-state index contributed by atoms with van der Waals surface area (Å²) < 4.78 is 10.8. The summed E-state index contributed by atoms with van der Waals surface area (Å²) in [5.41, 5.74) is 1.50. The maximum atomic E-state index is 12.0. The number of anilines is 1. The summed E-state index contributed by atoms with van der Waals surface area (Å²) in [7, 11) is 1.60. The molecule has 128 valence electrons. The molecule has 1 heterocycles. The number of aryl methyl sites for hydroxylation is 1. The molecule has 0 spiro atoms. The second kappa shape index (κ2) is 7.85. The second-order valence-electron chi connectivity index (χ2n) is 5.37. The number of hydrogen-bond donors (Lipinski definition) is 1. The van der Waals surface area contributed by atoms with Gasteiger partial charge in [0.05, 0.1) is 18.3 Å². The van der Waals surface area contributed by atoms with Crippen LogP contribution >= 0.6 is 11.6 Å². The van der Waals surface area contributed by atoms with E-state index in [2.05, 4.69) is 10.3 Å². The normalized spacial score (nSPS) is 10.5. The highest BCUT2D eigenvalue weighted by molar-refractivity contribution is 6.33. The molecule has 2 aromatic carbocycles. The number of nitrogens with zero attached hydrogens (tertiary/aromatic N) is 1. The van der Waals surface area contributed by atoms with Crippen molar-refractivity contribution in [3.8, 4) is 17.1 Å². The Bertz CT molecular complexity index is 859. The van der Waals surface area contributed by atoms with Gasteiger partial charge in [0.25, 0.3) is 0 Å². The molecule has 0 aliphatic carbocycles. The van der Waals surface area contributed by atoms with Crippen LogP contribution in [-0.2, 0) is 11.2 Å². The van der Waals surface area contributed by atoms with Gasteiger partial charge in [-0.05, 0) is 36.4 Å². The van der Waals surface area contributed by atoms with Crippen molar-refractivity contribution in [2.24, 2.45) is 0 Å². The van der Waals surface area contributed by atoms with Crippen molar-refractivity contribution in [2.45, 2.75) is 12.8 Å². The largest absolute Gasteiger partial charge is 0.497 e. The lowest BCUT2D eigenvalue weighted by atomic mass is 10.2. The topological polar surface area (TPSA) is 64.4 Å². The van der Waals surface area contributed by atoms with Gasteiger partial charge in [0.1, 0.15) is 5.75 Å².